The molecule has 1 aliphatic heterocycles. The second-order valence-corrected chi connectivity index (χ2v) is 3.66. The molecule has 0 aromatic rings. The van der Waals surface area contributed by atoms with E-state index in [-0.39, 0.29) is 6.04 Å². The fraction of sp³-hybridized carbons (Fsp3) is 1.00. The van der Waals surface area contributed by atoms with Crippen LogP contribution in [0.2, 0.25) is 0 Å². The minimum Gasteiger partial charge on any atom is -0.317 e. The van der Waals surface area contributed by atoms with E-state index >= 15 is 0 Å². The van der Waals surface area contributed by atoms with Crippen molar-refractivity contribution in [2.75, 3.05) is 26.2 Å². The third-order valence-corrected chi connectivity index (χ3v) is 2.61. The molecule has 84 valence electrons. The van der Waals surface area contributed by atoms with Gasteiger partial charge in [0.1, 0.15) is 0 Å². The van der Waals surface area contributed by atoms with Gasteiger partial charge in [-0.15, -0.1) is 0 Å². The Labute approximate surface area is 82.5 Å². The van der Waals surface area contributed by atoms with Gasteiger partial charge in [-0.25, -0.2) is 0 Å². The minimum absolute atomic E-state index is 0.0999. The molecule has 0 radical (unpaired) electrons. The first-order valence-electron chi connectivity index (χ1n) is 5.04. The Morgan fingerprint density at radius 1 is 1.29 bits per heavy atom. The normalized spacial score (nSPS) is 20.4. The molecule has 0 amide bonds. The van der Waals surface area contributed by atoms with Crippen molar-refractivity contribution in [3.63, 3.8) is 0 Å². The molecule has 0 spiro atoms. The maximum absolute atomic E-state index is 12.2. The summed E-state index contributed by atoms with van der Waals surface area (Å²) in [6.07, 6.45) is -2.42. The van der Waals surface area contributed by atoms with E-state index in [0.717, 1.165) is 25.9 Å². The standard InChI is InChI=1S/C9H17F3N2/c1-2-14(7-9(10,11)12)8-3-5-13-6-4-8/h8,13H,2-7H2,1H3. The van der Waals surface area contributed by atoms with Gasteiger partial charge in [0.15, 0.2) is 0 Å². The highest BCUT2D eigenvalue weighted by Crippen LogP contribution is 2.20. The molecule has 0 atom stereocenters. The lowest BCUT2D eigenvalue weighted by Crippen LogP contribution is -2.46. The van der Waals surface area contributed by atoms with Crippen molar-refractivity contribution in [2.24, 2.45) is 0 Å². The number of alkyl halides is 3. The van der Waals surface area contributed by atoms with E-state index in [2.05, 4.69) is 5.32 Å². The van der Waals surface area contributed by atoms with Crippen molar-refractivity contribution in [3.05, 3.63) is 0 Å². The number of rotatable bonds is 3. The van der Waals surface area contributed by atoms with Gasteiger partial charge in [0.2, 0.25) is 0 Å². The summed E-state index contributed by atoms with van der Waals surface area (Å²) in [6, 6.07) is 0.0999. The third-order valence-electron chi connectivity index (χ3n) is 2.61. The molecule has 14 heavy (non-hydrogen) atoms. The van der Waals surface area contributed by atoms with E-state index in [9.17, 15) is 13.2 Å². The molecule has 0 aromatic heterocycles. The van der Waals surface area contributed by atoms with Crippen molar-refractivity contribution in [1.82, 2.24) is 10.2 Å². The van der Waals surface area contributed by atoms with Gasteiger partial charge in [-0.3, -0.25) is 4.90 Å². The number of hydrogen-bond donors (Lipinski definition) is 1. The van der Waals surface area contributed by atoms with Crippen molar-refractivity contribution < 1.29 is 13.2 Å². The maximum atomic E-state index is 12.2. The molecule has 1 fully saturated rings. The van der Waals surface area contributed by atoms with Crippen LogP contribution in [0.1, 0.15) is 19.8 Å². The molecule has 0 aromatic carbocycles. The van der Waals surface area contributed by atoms with Crippen LogP contribution in [-0.4, -0.2) is 43.3 Å². The number of nitrogens with one attached hydrogen (secondary N) is 1. The highest BCUT2D eigenvalue weighted by atomic mass is 19.4. The third kappa shape index (κ3) is 3.84. The first kappa shape index (κ1) is 11.8. The van der Waals surface area contributed by atoms with Crippen LogP contribution in [-0.2, 0) is 0 Å². The van der Waals surface area contributed by atoms with Crippen LogP contribution in [0.4, 0.5) is 13.2 Å². The van der Waals surface area contributed by atoms with E-state index < -0.39 is 12.7 Å². The molecule has 1 rings (SSSR count). The largest absolute Gasteiger partial charge is 0.401 e. The van der Waals surface area contributed by atoms with Gasteiger partial charge in [-0.05, 0) is 32.5 Å². The first-order chi connectivity index (χ1) is 6.53. The number of piperidine rings is 1. The van der Waals surface area contributed by atoms with E-state index in [1.54, 1.807) is 6.92 Å². The smallest absolute Gasteiger partial charge is 0.317 e. The summed E-state index contributed by atoms with van der Waals surface area (Å²) < 4.78 is 36.6. The first-order valence-corrected chi connectivity index (χ1v) is 5.04. The second kappa shape index (κ2) is 4.98. The molecule has 1 N–H and O–H groups in total. The number of halogens is 3. The average molecular weight is 210 g/mol. The zero-order chi connectivity index (χ0) is 10.6. The molecule has 5 heteroatoms. The SMILES string of the molecule is CCN(CC(F)(F)F)C1CCNCC1. The van der Waals surface area contributed by atoms with E-state index in [1.807, 2.05) is 0 Å². The van der Waals surface area contributed by atoms with Gasteiger partial charge in [-0.2, -0.15) is 13.2 Å². The van der Waals surface area contributed by atoms with Gasteiger partial charge in [0.05, 0.1) is 6.54 Å². The highest BCUT2D eigenvalue weighted by Gasteiger charge is 2.33. The lowest BCUT2D eigenvalue weighted by molar-refractivity contribution is -0.151. The molecule has 0 saturated carbocycles. The van der Waals surface area contributed by atoms with Gasteiger partial charge in [0, 0.05) is 6.04 Å². The Kier molecular flexibility index (Phi) is 4.19. The Morgan fingerprint density at radius 2 is 1.86 bits per heavy atom. The minimum atomic E-state index is -4.07. The van der Waals surface area contributed by atoms with Gasteiger partial charge < -0.3 is 5.32 Å². The highest BCUT2D eigenvalue weighted by molar-refractivity contribution is 4.78. The van der Waals surface area contributed by atoms with Crippen LogP contribution in [0.25, 0.3) is 0 Å². The molecule has 2 nitrogen and oxygen atoms in total. The fourth-order valence-electron chi connectivity index (χ4n) is 1.90. The van der Waals surface area contributed by atoms with Crippen LogP contribution in [0.15, 0.2) is 0 Å². The summed E-state index contributed by atoms with van der Waals surface area (Å²) in [5, 5.41) is 3.15. The van der Waals surface area contributed by atoms with Crippen LogP contribution < -0.4 is 5.32 Å². The summed E-state index contributed by atoms with van der Waals surface area (Å²) in [4.78, 5) is 1.53. The van der Waals surface area contributed by atoms with E-state index in [1.165, 1.54) is 4.90 Å². The summed E-state index contributed by atoms with van der Waals surface area (Å²) in [5.74, 6) is 0. The number of hydrogen-bond acceptors (Lipinski definition) is 2. The molecule has 0 bridgehead atoms. The van der Waals surface area contributed by atoms with Crippen LogP contribution >= 0.6 is 0 Å². The summed E-state index contributed by atoms with van der Waals surface area (Å²) in [5.41, 5.74) is 0. The summed E-state index contributed by atoms with van der Waals surface area (Å²) >= 11 is 0. The molecule has 1 heterocycles. The molecule has 1 aliphatic rings. The molecule has 1 saturated heterocycles. The van der Waals surface area contributed by atoms with E-state index in [0.29, 0.717) is 6.54 Å². The molecular formula is C9H17F3N2. The molecular weight excluding hydrogens is 193 g/mol. The lowest BCUT2D eigenvalue weighted by Gasteiger charge is -2.34. The second-order valence-electron chi connectivity index (χ2n) is 3.66. The monoisotopic (exact) mass is 210 g/mol. The summed E-state index contributed by atoms with van der Waals surface area (Å²) in [6.45, 7) is 3.16. The lowest BCUT2D eigenvalue weighted by atomic mass is 10.0. The predicted molar refractivity (Wildman–Crippen MR) is 49.2 cm³/mol. The Hall–Kier alpha value is -0.290. The van der Waals surface area contributed by atoms with Crippen LogP contribution in [0.3, 0.4) is 0 Å². The van der Waals surface area contributed by atoms with Crippen molar-refractivity contribution >= 4 is 0 Å². The van der Waals surface area contributed by atoms with Crippen molar-refractivity contribution in [2.45, 2.75) is 32.0 Å². The number of nitrogens with zero attached hydrogens (tertiary/aromatic N) is 1. The Bertz CT molecular complexity index is 164. The van der Waals surface area contributed by atoms with Crippen molar-refractivity contribution in [1.29, 1.82) is 0 Å². The van der Waals surface area contributed by atoms with Crippen molar-refractivity contribution in [3.8, 4) is 0 Å². The average Bonchev–Trinajstić information content (AvgIpc) is 2.14. The zero-order valence-corrected chi connectivity index (χ0v) is 8.40. The molecule has 0 aliphatic carbocycles. The quantitative estimate of drug-likeness (QED) is 0.761. The van der Waals surface area contributed by atoms with Crippen LogP contribution in [0, 0.1) is 0 Å². The Balaban J connectivity index is 2.43. The maximum Gasteiger partial charge on any atom is 0.401 e. The zero-order valence-electron chi connectivity index (χ0n) is 8.40. The van der Waals surface area contributed by atoms with Gasteiger partial charge >= 0.3 is 6.18 Å². The van der Waals surface area contributed by atoms with Gasteiger partial charge in [0.25, 0.3) is 0 Å². The topological polar surface area (TPSA) is 15.3 Å². The fourth-order valence-corrected chi connectivity index (χ4v) is 1.90. The predicted octanol–water partition coefficient (Wildman–Crippen LogP) is 1.62. The Morgan fingerprint density at radius 3 is 2.29 bits per heavy atom. The summed E-state index contributed by atoms with van der Waals surface area (Å²) in [7, 11) is 0. The van der Waals surface area contributed by atoms with Crippen LogP contribution in [0.5, 0.6) is 0 Å². The van der Waals surface area contributed by atoms with Gasteiger partial charge in [-0.1, -0.05) is 6.92 Å². The van der Waals surface area contributed by atoms with E-state index in [4.69, 9.17) is 0 Å². The molecule has 0 unspecified atom stereocenters.